The molecule has 0 aromatic heterocycles. The van der Waals surface area contributed by atoms with Crippen molar-refractivity contribution in [3.05, 3.63) is 24.3 Å². The molecule has 1 aromatic rings. The van der Waals surface area contributed by atoms with Gasteiger partial charge in [-0.2, -0.15) is 0 Å². The zero-order valence-electron chi connectivity index (χ0n) is 14.1. The SMILES string of the molecule is CCCN1CCC(CN=C(N)Nc2ccc(OC)cc2)CC1.I. The predicted molar refractivity (Wildman–Crippen MR) is 108 cm³/mol. The minimum atomic E-state index is 0. The molecular weight excluding hydrogens is 403 g/mol. The van der Waals surface area contributed by atoms with E-state index in [0.29, 0.717) is 11.9 Å². The van der Waals surface area contributed by atoms with Crippen LogP contribution < -0.4 is 15.8 Å². The van der Waals surface area contributed by atoms with Gasteiger partial charge in [-0.1, -0.05) is 6.92 Å². The van der Waals surface area contributed by atoms with Crippen molar-refractivity contribution in [1.82, 2.24) is 4.90 Å². The molecule has 0 radical (unpaired) electrons. The third kappa shape index (κ3) is 6.95. The summed E-state index contributed by atoms with van der Waals surface area (Å²) in [7, 11) is 1.66. The Labute approximate surface area is 156 Å². The molecule has 0 spiro atoms. The van der Waals surface area contributed by atoms with E-state index in [4.69, 9.17) is 10.5 Å². The number of aliphatic imine (C=N–C) groups is 1. The Hall–Kier alpha value is -1.02. The first-order valence-electron chi connectivity index (χ1n) is 8.14. The summed E-state index contributed by atoms with van der Waals surface area (Å²) < 4.78 is 5.13. The third-order valence-electron chi connectivity index (χ3n) is 4.13. The van der Waals surface area contributed by atoms with Gasteiger partial charge in [0.1, 0.15) is 5.75 Å². The summed E-state index contributed by atoms with van der Waals surface area (Å²) in [6.07, 6.45) is 3.68. The number of benzene rings is 1. The molecule has 1 fully saturated rings. The minimum Gasteiger partial charge on any atom is -0.497 e. The number of nitrogens with one attached hydrogen (secondary N) is 1. The fourth-order valence-corrected chi connectivity index (χ4v) is 2.80. The molecule has 1 aliphatic rings. The highest BCUT2D eigenvalue weighted by molar-refractivity contribution is 14.0. The van der Waals surface area contributed by atoms with E-state index in [9.17, 15) is 0 Å². The van der Waals surface area contributed by atoms with Gasteiger partial charge in [0.15, 0.2) is 5.96 Å². The Kier molecular flexibility index (Phi) is 9.31. The third-order valence-corrected chi connectivity index (χ3v) is 4.13. The second-order valence-corrected chi connectivity index (χ2v) is 5.86. The van der Waals surface area contributed by atoms with Crippen LogP contribution in [0.15, 0.2) is 29.3 Å². The Bertz CT molecular complexity index is 470. The number of nitrogens with zero attached hydrogens (tertiary/aromatic N) is 2. The number of methoxy groups -OCH3 is 1. The van der Waals surface area contributed by atoms with Gasteiger partial charge >= 0.3 is 0 Å². The number of guanidine groups is 1. The molecule has 1 aromatic carbocycles. The molecule has 130 valence electrons. The molecule has 0 saturated carbocycles. The maximum atomic E-state index is 5.97. The lowest BCUT2D eigenvalue weighted by molar-refractivity contribution is 0.188. The number of nitrogens with two attached hydrogens (primary N) is 1. The first-order chi connectivity index (χ1) is 10.7. The van der Waals surface area contributed by atoms with Gasteiger partial charge < -0.3 is 20.7 Å². The van der Waals surface area contributed by atoms with Crippen molar-refractivity contribution >= 4 is 35.6 Å². The summed E-state index contributed by atoms with van der Waals surface area (Å²) in [6.45, 7) is 6.66. The average Bonchev–Trinajstić information content (AvgIpc) is 2.55. The Morgan fingerprint density at radius 2 is 1.96 bits per heavy atom. The first-order valence-corrected chi connectivity index (χ1v) is 8.14. The monoisotopic (exact) mass is 432 g/mol. The molecule has 1 heterocycles. The van der Waals surface area contributed by atoms with Crippen LogP contribution in [0.25, 0.3) is 0 Å². The van der Waals surface area contributed by atoms with E-state index in [-0.39, 0.29) is 24.0 Å². The van der Waals surface area contributed by atoms with Gasteiger partial charge in [-0.05, 0) is 69.1 Å². The molecule has 1 aliphatic heterocycles. The number of anilines is 1. The van der Waals surface area contributed by atoms with Crippen molar-refractivity contribution in [2.45, 2.75) is 26.2 Å². The van der Waals surface area contributed by atoms with Crippen molar-refractivity contribution in [2.75, 3.05) is 38.6 Å². The highest BCUT2D eigenvalue weighted by Gasteiger charge is 2.18. The van der Waals surface area contributed by atoms with Gasteiger partial charge in [0, 0.05) is 12.2 Å². The van der Waals surface area contributed by atoms with Crippen molar-refractivity contribution in [3.63, 3.8) is 0 Å². The van der Waals surface area contributed by atoms with E-state index in [1.165, 1.54) is 38.9 Å². The van der Waals surface area contributed by atoms with Gasteiger partial charge in [-0.3, -0.25) is 4.99 Å². The largest absolute Gasteiger partial charge is 0.497 e. The van der Waals surface area contributed by atoms with Crippen LogP contribution in [0, 0.1) is 5.92 Å². The van der Waals surface area contributed by atoms with Crippen molar-refractivity contribution < 1.29 is 4.74 Å². The topological polar surface area (TPSA) is 62.9 Å². The van der Waals surface area contributed by atoms with Crippen molar-refractivity contribution in [3.8, 4) is 5.75 Å². The second-order valence-electron chi connectivity index (χ2n) is 5.86. The van der Waals surface area contributed by atoms with Crippen LogP contribution in [0.3, 0.4) is 0 Å². The molecule has 23 heavy (non-hydrogen) atoms. The fourth-order valence-electron chi connectivity index (χ4n) is 2.80. The quantitative estimate of drug-likeness (QED) is 0.412. The predicted octanol–water partition coefficient (Wildman–Crippen LogP) is 3.16. The van der Waals surface area contributed by atoms with Crippen LogP contribution in [-0.2, 0) is 0 Å². The van der Waals surface area contributed by atoms with Crippen LogP contribution >= 0.6 is 24.0 Å². The summed E-state index contributed by atoms with van der Waals surface area (Å²) in [5.74, 6) is 1.98. The van der Waals surface area contributed by atoms with Gasteiger partial charge in [-0.15, -0.1) is 24.0 Å². The number of rotatable bonds is 6. The number of likely N-dealkylation sites (tertiary alicyclic amines) is 1. The molecular formula is C17H29IN4O. The summed E-state index contributed by atoms with van der Waals surface area (Å²) in [6, 6.07) is 7.67. The highest BCUT2D eigenvalue weighted by Crippen LogP contribution is 2.18. The maximum Gasteiger partial charge on any atom is 0.193 e. The van der Waals surface area contributed by atoms with E-state index in [1.54, 1.807) is 7.11 Å². The van der Waals surface area contributed by atoms with E-state index in [0.717, 1.165) is 18.0 Å². The van der Waals surface area contributed by atoms with Crippen LogP contribution in [0.1, 0.15) is 26.2 Å². The molecule has 0 aliphatic carbocycles. The zero-order valence-corrected chi connectivity index (χ0v) is 16.5. The molecule has 5 nitrogen and oxygen atoms in total. The van der Waals surface area contributed by atoms with E-state index in [1.807, 2.05) is 24.3 Å². The number of halogens is 1. The summed E-state index contributed by atoms with van der Waals surface area (Å²) in [5, 5.41) is 3.12. The average molecular weight is 432 g/mol. The molecule has 0 unspecified atom stereocenters. The molecule has 0 atom stereocenters. The first kappa shape index (κ1) is 20.0. The molecule has 3 N–H and O–H groups in total. The van der Waals surface area contributed by atoms with Crippen LogP contribution in [0.5, 0.6) is 5.75 Å². The van der Waals surface area contributed by atoms with Gasteiger partial charge in [0.2, 0.25) is 0 Å². The summed E-state index contributed by atoms with van der Waals surface area (Å²) in [5.41, 5.74) is 6.90. The number of hydrogen-bond acceptors (Lipinski definition) is 3. The molecule has 0 amide bonds. The number of piperidine rings is 1. The zero-order chi connectivity index (χ0) is 15.8. The Morgan fingerprint density at radius 1 is 1.30 bits per heavy atom. The van der Waals surface area contributed by atoms with Crippen LogP contribution in [0.4, 0.5) is 5.69 Å². The normalized spacial score (nSPS) is 16.7. The lowest BCUT2D eigenvalue weighted by Crippen LogP contribution is -2.35. The molecule has 2 rings (SSSR count). The summed E-state index contributed by atoms with van der Waals surface area (Å²) >= 11 is 0. The standard InChI is InChI=1S/C17H28N4O.HI/c1-3-10-21-11-8-14(9-12-21)13-19-17(18)20-15-4-6-16(22-2)7-5-15;/h4-7,14H,3,8-13H2,1-2H3,(H3,18,19,20);1H. The van der Waals surface area contributed by atoms with Gasteiger partial charge in [0.25, 0.3) is 0 Å². The van der Waals surface area contributed by atoms with Crippen molar-refractivity contribution in [1.29, 1.82) is 0 Å². The highest BCUT2D eigenvalue weighted by atomic mass is 127. The van der Waals surface area contributed by atoms with Gasteiger partial charge in [0.05, 0.1) is 7.11 Å². The lowest BCUT2D eigenvalue weighted by atomic mass is 9.97. The van der Waals surface area contributed by atoms with Crippen LogP contribution in [0.2, 0.25) is 0 Å². The fraction of sp³-hybridized carbons (Fsp3) is 0.588. The number of ether oxygens (including phenoxy) is 1. The Morgan fingerprint density at radius 3 is 2.52 bits per heavy atom. The molecule has 1 saturated heterocycles. The van der Waals surface area contributed by atoms with Gasteiger partial charge in [-0.25, -0.2) is 0 Å². The lowest BCUT2D eigenvalue weighted by Gasteiger charge is -2.30. The maximum absolute atomic E-state index is 5.97. The molecule has 0 bridgehead atoms. The van der Waals surface area contributed by atoms with E-state index in [2.05, 4.69) is 22.1 Å². The van der Waals surface area contributed by atoms with Crippen LogP contribution in [-0.4, -0.2) is 44.1 Å². The van der Waals surface area contributed by atoms with E-state index < -0.39 is 0 Å². The minimum absolute atomic E-state index is 0. The smallest absolute Gasteiger partial charge is 0.193 e. The number of hydrogen-bond donors (Lipinski definition) is 2. The Balaban J connectivity index is 0.00000264. The summed E-state index contributed by atoms with van der Waals surface area (Å²) in [4.78, 5) is 7.03. The molecule has 6 heteroatoms. The second kappa shape index (κ2) is 10.7. The van der Waals surface area contributed by atoms with E-state index >= 15 is 0 Å². The van der Waals surface area contributed by atoms with Crippen molar-refractivity contribution in [2.24, 2.45) is 16.6 Å².